The van der Waals surface area contributed by atoms with Crippen molar-refractivity contribution in [3.8, 4) is 0 Å². The van der Waals surface area contributed by atoms with Gasteiger partial charge in [0.15, 0.2) is 0 Å². The first-order valence-electron chi connectivity index (χ1n) is 7.09. The van der Waals surface area contributed by atoms with E-state index >= 15 is 0 Å². The molecule has 0 heterocycles. The van der Waals surface area contributed by atoms with E-state index < -0.39 is 11.7 Å². The molecule has 0 spiro atoms. The maximum atomic E-state index is 12.7. The molecule has 20 heavy (non-hydrogen) atoms. The van der Waals surface area contributed by atoms with E-state index in [0.717, 1.165) is 19.3 Å². The fourth-order valence-corrected chi connectivity index (χ4v) is 1.90. The van der Waals surface area contributed by atoms with E-state index in [0.29, 0.717) is 12.8 Å². The smallest absolute Gasteiger partial charge is 0.166 e. The minimum atomic E-state index is -4.24. The highest BCUT2D eigenvalue weighted by Crippen LogP contribution is 2.28. The van der Waals surface area contributed by atoms with Crippen molar-refractivity contribution in [2.24, 2.45) is 0 Å². The topological polar surface area (TPSA) is 0 Å². The summed E-state index contributed by atoms with van der Waals surface area (Å²) in [5, 5.41) is 0. The van der Waals surface area contributed by atoms with Crippen LogP contribution in [0.25, 0.3) is 0 Å². The Morgan fingerprint density at radius 3 is 2.45 bits per heavy atom. The summed E-state index contributed by atoms with van der Waals surface area (Å²) in [7, 11) is 0. The Bertz CT molecular complexity index is 437. The van der Waals surface area contributed by atoms with Crippen molar-refractivity contribution in [1.29, 1.82) is 0 Å². The molecule has 0 radical (unpaired) electrons. The number of unbranched alkanes of at least 4 members (excludes halogenated alkanes) is 2. The molecule has 110 valence electrons. The summed E-state index contributed by atoms with van der Waals surface area (Å²) in [6.07, 6.45) is 1.02. The molecule has 0 amide bonds. The van der Waals surface area contributed by atoms with E-state index in [1.54, 1.807) is 0 Å². The maximum Gasteiger partial charge on any atom is 0.419 e. The van der Waals surface area contributed by atoms with Gasteiger partial charge in [0.2, 0.25) is 0 Å². The third kappa shape index (κ3) is 6.63. The molecule has 1 rings (SSSR count). The van der Waals surface area contributed by atoms with Gasteiger partial charge < -0.3 is 0 Å². The van der Waals surface area contributed by atoms with Crippen LogP contribution in [0.15, 0.2) is 47.7 Å². The molecule has 0 aliphatic heterocycles. The minimum absolute atomic E-state index is 0.0647. The Morgan fingerprint density at radius 1 is 1.15 bits per heavy atom. The van der Waals surface area contributed by atoms with Gasteiger partial charge in [0, 0.05) is 0 Å². The number of halogens is 3. The van der Waals surface area contributed by atoms with Gasteiger partial charge in [-0.15, -0.1) is 5.73 Å². The zero-order chi connectivity index (χ0) is 14.8. The van der Waals surface area contributed by atoms with Crippen molar-refractivity contribution in [2.45, 2.75) is 51.6 Å². The van der Waals surface area contributed by atoms with Gasteiger partial charge in [-0.1, -0.05) is 43.7 Å². The van der Waals surface area contributed by atoms with E-state index in [1.165, 1.54) is 11.6 Å². The molecule has 0 aliphatic carbocycles. The van der Waals surface area contributed by atoms with Crippen LogP contribution < -0.4 is 0 Å². The predicted molar refractivity (Wildman–Crippen MR) is 76.6 cm³/mol. The van der Waals surface area contributed by atoms with Crippen molar-refractivity contribution in [2.75, 3.05) is 0 Å². The zero-order valence-electron chi connectivity index (χ0n) is 11.8. The van der Waals surface area contributed by atoms with Crippen molar-refractivity contribution in [1.82, 2.24) is 0 Å². The van der Waals surface area contributed by atoms with Crippen LogP contribution in [-0.2, 0) is 6.42 Å². The molecule has 0 unspecified atom stereocenters. The fraction of sp³-hybridized carbons (Fsp3) is 0.471. The van der Waals surface area contributed by atoms with Gasteiger partial charge in [-0.05, 0) is 43.7 Å². The summed E-state index contributed by atoms with van der Waals surface area (Å²) in [6.45, 7) is 1.89. The second kappa shape index (κ2) is 8.65. The molecular formula is C17H21F3. The Kier molecular flexibility index (Phi) is 7.17. The Hall–Kier alpha value is -1.47. The molecule has 1 aromatic rings. The number of benzene rings is 1. The molecule has 0 saturated heterocycles. The zero-order valence-corrected chi connectivity index (χ0v) is 11.8. The largest absolute Gasteiger partial charge is 0.419 e. The Labute approximate surface area is 119 Å². The first kappa shape index (κ1) is 16.6. The van der Waals surface area contributed by atoms with Gasteiger partial charge in [-0.2, -0.15) is 13.2 Å². The number of rotatable bonds is 7. The number of aryl methyl sites for hydroxylation is 1. The van der Waals surface area contributed by atoms with Gasteiger partial charge in [-0.3, -0.25) is 0 Å². The maximum absolute atomic E-state index is 12.7. The van der Waals surface area contributed by atoms with E-state index in [-0.39, 0.29) is 6.42 Å². The highest BCUT2D eigenvalue weighted by atomic mass is 19.4. The Morgan fingerprint density at radius 2 is 1.85 bits per heavy atom. The molecule has 0 aliphatic rings. The molecule has 0 aromatic heterocycles. The monoisotopic (exact) mass is 282 g/mol. The van der Waals surface area contributed by atoms with Crippen LogP contribution >= 0.6 is 0 Å². The predicted octanol–water partition coefficient (Wildman–Crippen LogP) is 5.84. The number of hydrogen-bond acceptors (Lipinski definition) is 0. The lowest BCUT2D eigenvalue weighted by atomic mass is 10.1. The summed E-state index contributed by atoms with van der Waals surface area (Å²) in [5.41, 5.74) is 3.13. The molecule has 0 atom stereocenters. The summed E-state index contributed by atoms with van der Waals surface area (Å²) in [4.78, 5) is 0. The fourth-order valence-electron chi connectivity index (χ4n) is 1.90. The number of allylic oxidation sites excluding steroid dienone is 1. The van der Waals surface area contributed by atoms with Crippen LogP contribution in [0.3, 0.4) is 0 Å². The average Bonchev–Trinajstić information content (AvgIpc) is 2.41. The van der Waals surface area contributed by atoms with Crippen LogP contribution in [0.1, 0.15) is 44.6 Å². The third-order valence-corrected chi connectivity index (χ3v) is 3.06. The van der Waals surface area contributed by atoms with Crippen molar-refractivity contribution in [3.63, 3.8) is 0 Å². The quantitative estimate of drug-likeness (QED) is 0.435. The highest BCUT2D eigenvalue weighted by Gasteiger charge is 2.32. The third-order valence-electron chi connectivity index (χ3n) is 3.06. The van der Waals surface area contributed by atoms with Crippen LogP contribution in [0.4, 0.5) is 13.2 Å². The van der Waals surface area contributed by atoms with Gasteiger partial charge in [0.1, 0.15) is 0 Å². The number of alkyl halides is 3. The van der Waals surface area contributed by atoms with Gasteiger partial charge in [-0.25, -0.2) is 0 Å². The summed E-state index contributed by atoms with van der Waals surface area (Å²) >= 11 is 0. The average molecular weight is 282 g/mol. The van der Waals surface area contributed by atoms with E-state index in [2.05, 4.69) is 5.73 Å². The molecular weight excluding hydrogens is 261 g/mol. The second-order valence-electron chi connectivity index (χ2n) is 4.81. The van der Waals surface area contributed by atoms with Crippen molar-refractivity contribution >= 4 is 0 Å². The van der Waals surface area contributed by atoms with Gasteiger partial charge in [0.05, 0.1) is 5.57 Å². The van der Waals surface area contributed by atoms with Crippen LogP contribution in [0.2, 0.25) is 0 Å². The minimum Gasteiger partial charge on any atom is -0.166 e. The van der Waals surface area contributed by atoms with Crippen molar-refractivity contribution < 1.29 is 13.2 Å². The number of hydrogen-bond donors (Lipinski definition) is 0. The van der Waals surface area contributed by atoms with Gasteiger partial charge in [0.25, 0.3) is 0 Å². The van der Waals surface area contributed by atoms with E-state index in [1.807, 2.05) is 37.3 Å². The lowest BCUT2D eigenvalue weighted by molar-refractivity contribution is -0.0939. The molecule has 0 nitrogen and oxygen atoms in total. The molecule has 0 bridgehead atoms. The summed E-state index contributed by atoms with van der Waals surface area (Å²) < 4.78 is 38.1. The Balaban J connectivity index is 2.48. The summed E-state index contributed by atoms with van der Waals surface area (Å²) in [5.74, 6) is 0. The molecule has 3 heteroatoms. The second-order valence-corrected chi connectivity index (χ2v) is 4.81. The first-order chi connectivity index (χ1) is 9.54. The molecule has 0 N–H and O–H groups in total. The lowest BCUT2D eigenvalue weighted by Gasteiger charge is -2.08. The van der Waals surface area contributed by atoms with Crippen molar-refractivity contribution in [3.05, 3.63) is 53.3 Å². The van der Waals surface area contributed by atoms with Crippen LogP contribution in [-0.4, -0.2) is 6.18 Å². The lowest BCUT2D eigenvalue weighted by Crippen LogP contribution is -2.10. The highest BCUT2D eigenvalue weighted by molar-refractivity contribution is 5.14. The standard InChI is InChI=1S/C17H21F3/c1-2-3-13-16(17(18,19)20)14-9-5-8-12-15-10-6-4-7-11-15/h4,6-7,9-11H,2-3,5,8,12-13H2,1H3. The SMILES string of the molecule is CCCCC(=C=CCCCc1ccccc1)C(F)(F)F. The van der Waals surface area contributed by atoms with Gasteiger partial charge >= 0.3 is 6.18 Å². The van der Waals surface area contributed by atoms with Crippen LogP contribution in [0.5, 0.6) is 0 Å². The normalized spacial score (nSPS) is 11.0. The molecule has 0 saturated carbocycles. The van der Waals surface area contributed by atoms with Crippen LogP contribution in [0, 0.1) is 0 Å². The molecule has 1 aromatic carbocycles. The van der Waals surface area contributed by atoms with E-state index in [4.69, 9.17) is 0 Å². The van der Waals surface area contributed by atoms with E-state index in [9.17, 15) is 13.2 Å². The first-order valence-corrected chi connectivity index (χ1v) is 7.09. The summed E-state index contributed by atoms with van der Waals surface area (Å²) in [6, 6.07) is 9.95. The molecule has 0 fully saturated rings.